The maximum Gasteiger partial charge on any atom is 0.142 e. The predicted molar refractivity (Wildman–Crippen MR) is 89.0 cm³/mol. The fourth-order valence-corrected chi connectivity index (χ4v) is 3.52. The molecule has 0 amide bonds. The van der Waals surface area contributed by atoms with Crippen LogP contribution in [0, 0.1) is 11.3 Å². The number of nitrogens with zero attached hydrogens (tertiary/aromatic N) is 2. The number of aromatic nitrogens is 1. The summed E-state index contributed by atoms with van der Waals surface area (Å²) in [4.78, 5) is 4.42. The molecule has 4 heterocycles. The van der Waals surface area contributed by atoms with Crippen LogP contribution in [0.2, 0.25) is 0 Å². The van der Waals surface area contributed by atoms with Crippen LogP contribution >= 0.6 is 0 Å². The summed E-state index contributed by atoms with van der Waals surface area (Å²) >= 11 is 0. The first-order valence-electron chi connectivity index (χ1n) is 8.41. The minimum absolute atomic E-state index is 0.00571. The van der Waals surface area contributed by atoms with Crippen molar-refractivity contribution < 1.29 is 9.15 Å². The number of nitrogen functional groups attached to an aromatic ring is 1. The third-order valence-electron chi connectivity index (χ3n) is 4.73. The van der Waals surface area contributed by atoms with E-state index in [0.29, 0.717) is 17.9 Å². The van der Waals surface area contributed by atoms with Gasteiger partial charge < -0.3 is 20.2 Å². The van der Waals surface area contributed by atoms with E-state index in [2.05, 4.69) is 16.4 Å². The van der Waals surface area contributed by atoms with Crippen LogP contribution in [-0.2, 0) is 17.7 Å². The Hall–Kier alpha value is -2.36. The van der Waals surface area contributed by atoms with Crippen LogP contribution < -0.4 is 11.1 Å². The van der Waals surface area contributed by atoms with Gasteiger partial charge in [0, 0.05) is 37.4 Å². The van der Waals surface area contributed by atoms with Gasteiger partial charge in [0.1, 0.15) is 35.1 Å². The number of furan rings is 1. The van der Waals surface area contributed by atoms with Gasteiger partial charge in [-0.2, -0.15) is 5.26 Å². The highest BCUT2D eigenvalue weighted by atomic mass is 16.5. The van der Waals surface area contributed by atoms with Crippen LogP contribution in [0.5, 0.6) is 0 Å². The number of fused-ring (bicyclic) bond motifs is 1. The van der Waals surface area contributed by atoms with Gasteiger partial charge in [0.25, 0.3) is 0 Å². The molecule has 0 unspecified atom stereocenters. The second kappa shape index (κ2) is 6.27. The van der Waals surface area contributed by atoms with Gasteiger partial charge in [-0.3, -0.25) is 0 Å². The first-order valence-corrected chi connectivity index (χ1v) is 8.41. The maximum absolute atomic E-state index is 9.56. The van der Waals surface area contributed by atoms with Gasteiger partial charge in [-0.25, -0.2) is 4.98 Å². The zero-order valence-corrected chi connectivity index (χ0v) is 13.5. The number of hydrogen-bond donors (Lipinski definition) is 2. The third-order valence-corrected chi connectivity index (χ3v) is 4.73. The molecule has 124 valence electrons. The Morgan fingerprint density at radius 3 is 3.04 bits per heavy atom. The predicted octanol–water partition coefficient (Wildman–Crippen LogP) is 2.68. The fraction of sp³-hybridized carbons (Fsp3) is 0.444. The van der Waals surface area contributed by atoms with Gasteiger partial charge in [-0.1, -0.05) is 0 Å². The highest BCUT2D eigenvalue weighted by Gasteiger charge is 2.25. The molecule has 6 heteroatoms. The first-order chi connectivity index (χ1) is 11.8. The van der Waals surface area contributed by atoms with Crippen molar-refractivity contribution in [1.29, 1.82) is 5.26 Å². The lowest BCUT2D eigenvalue weighted by molar-refractivity contribution is 0.00221. The van der Waals surface area contributed by atoms with Crippen molar-refractivity contribution in [2.45, 2.75) is 38.3 Å². The van der Waals surface area contributed by atoms with Crippen molar-refractivity contribution in [3.63, 3.8) is 0 Å². The quantitative estimate of drug-likeness (QED) is 0.881. The van der Waals surface area contributed by atoms with Crippen LogP contribution in [0.3, 0.4) is 0 Å². The average molecular weight is 324 g/mol. The number of nitrogens with two attached hydrogens (primary N) is 1. The molecule has 2 aliphatic heterocycles. The number of nitrogens with one attached hydrogen (secondary N) is 1. The number of ether oxygens (including phenoxy) is 1. The van der Waals surface area contributed by atoms with E-state index in [4.69, 9.17) is 14.9 Å². The lowest BCUT2D eigenvalue weighted by Gasteiger charge is -2.21. The van der Waals surface area contributed by atoms with E-state index in [1.165, 1.54) is 0 Å². The van der Waals surface area contributed by atoms with Crippen LogP contribution in [0.15, 0.2) is 16.5 Å². The summed E-state index contributed by atoms with van der Waals surface area (Å²) in [5.74, 6) is 1.77. The molecule has 6 nitrogen and oxygen atoms in total. The Balaban J connectivity index is 1.80. The standard InChI is InChI=1S/C18H20N4O2/c19-9-11-17(12-10-21-7-6-13(12)22-18(11)20)16-5-4-15(24-16)14-3-1-2-8-23-14/h4-5,14,21H,1-3,6-8,10H2,(H2,20,22)/t14-/m1/s1. The average Bonchev–Trinajstić information content (AvgIpc) is 3.11. The van der Waals surface area contributed by atoms with Crippen molar-refractivity contribution in [1.82, 2.24) is 10.3 Å². The molecular weight excluding hydrogens is 304 g/mol. The normalized spacial score (nSPS) is 20.4. The Bertz CT molecular complexity index is 800. The molecule has 0 aliphatic carbocycles. The minimum Gasteiger partial charge on any atom is -0.458 e. The molecule has 0 aromatic carbocycles. The summed E-state index contributed by atoms with van der Waals surface area (Å²) in [6.45, 7) is 2.30. The second-order valence-electron chi connectivity index (χ2n) is 6.27. The lowest BCUT2D eigenvalue weighted by Crippen LogP contribution is -2.26. The summed E-state index contributed by atoms with van der Waals surface area (Å²) in [7, 11) is 0. The fourth-order valence-electron chi connectivity index (χ4n) is 3.52. The molecule has 1 atom stereocenters. The zero-order chi connectivity index (χ0) is 16.5. The lowest BCUT2D eigenvalue weighted by atomic mass is 9.95. The van der Waals surface area contributed by atoms with E-state index in [0.717, 1.165) is 61.4 Å². The van der Waals surface area contributed by atoms with Crippen molar-refractivity contribution in [2.24, 2.45) is 0 Å². The van der Waals surface area contributed by atoms with Crippen molar-refractivity contribution in [2.75, 3.05) is 18.9 Å². The number of anilines is 1. The molecule has 3 N–H and O–H groups in total. The Morgan fingerprint density at radius 2 is 2.25 bits per heavy atom. The molecule has 1 fully saturated rings. The topological polar surface area (TPSA) is 97.1 Å². The molecule has 0 saturated carbocycles. The molecule has 2 aromatic heterocycles. The number of pyridine rings is 1. The van der Waals surface area contributed by atoms with Crippen LogP contribution in [0.4, 0.5) is 5.82 Å². The summed E-state index contributed by atoms with van der Waals surface area (Å²) in [6, 6.07) is 6.06. The van der Waals surface area contributed by atoms with E-state index >= 15 is 0 Å². The van der Waals surface area contributed by atoms with Crippen LogP contribution in [-0.4, -0.2) is 18.1 Å². The summed E-state index contributed by atoms with van der Waals surface area (Å²) in [5, 5.41) is 12.9. The smallest absolute Gasteiger partial charge is 0.142 e. The number of hydrogen-bond acceptors (Lipinski definition) is 6. The summed E-state index contributed by atoms with van der Waals surface area (Å²) in [5.41, 5.74) is 9.15. The van der Waals surface area contributed by atoms with Gasteiger partial charge in [0.2, 0.25) is 0 Å². The van der Waals surface area contributed by atoms with Gasteiger partial charge in [0.05, 0.1) is 0 Å². The molecule has 2 aromatic rings. The van der Waals surface area contributed by atoms with Crippen molar-refractivity contribution >= 4 is 5.82 Å². The monoisotopic (exact) mass is 324 g/mol. The van der Waals surface area contributed by atoms with Gasteiger partial charge in [-0.05, 0) is 37.0 Å². The van der Waals surface area contributed by atoms with Crippen molar-refractivity contribution in [3.05, 3.63) is 34.7 Å². The number of rotatable bonds is 2. The maximum atomic E-state index is 9.56. The summed E-state index contributed by atoms with van der Waals surface area (Å²) < 4.78 is 11.9. The first kappa shape index (κ1) is 15.2. The highest BCUT2D eigenvalue weighted by molar-refractivity contribution is 5.76. The van der Waals surface area contributed by atoms with Gasteiger partial charge in [-0.15, -0.1) is 0 Å². The van der Waals surface area contributed by atoms with E-state index in [-0.39, 0.29) is 11.9 Å². The molecule has 4 rings (SSSR count). The van der Waals surface area contributed by atoms with Gasteiger partial charge in [0.15, 0.2) is 0 Å². The molecule has 24 heavy (non-hydrogen) atoms. The molecule has 2 aliphatic rings. The molecule has 0 bridgehead atoms. The Kier molecular flexibility index (Phi) is 3.97. The SMILES string of the molecule is N#Cc1c(N)nc2c(c1-c1ccc([C@H]3CCCCO3)o1)CNCC2. The van der Waals surface area contributed by atoms with E-state index < -0.39 is 0 Å². The minimum atomic E-state index is 0.00571. The van der Waals surface area contributed by atoms with Crippen LogP contribution in [0.25, 0.3) is 11.3 Å². The second-order valence-corrected chi connectivity index (χ2v) is 6.27. The molecule has 1 saturated heterocycles. The molecule has 0 radical (unpaired) electrons. The van der Waals surface area contributed by atoms with E-state index in [9.17, 15) is 5.26 Å². The van der Waals surface area contributed by atoms with Crippen LogP contribution in [0.1, 0.15) is 47.9 Å². The van der Waals surface area contributed by atoms with Crippen molar-refractivity contribution in [3.8, 4) is 17.4 Å². The Morgan fingerprint density at radius 1 is 1.33 bits per heavy atom. The zero-order valence-electron chi connectivity index (χ0n) is 13.5. The van der Waals surface area contributed by atoms with E-state index in [1.807, 2.05) is 12.1 Å². The third kappa shape index (κ3) is 2.56. The van der Waals surface area contributed by atoms with E-state index in [1.54, 1.807) is 0 Å². The highest BCUT2D eigenvalue weighted by Crippen LogP contribution is 2.37. The summed E-state index contributed by atoms with van der Waals surface area (Å²) in [6.07, 6.45) is 4.02. The number of nitriles is 1. The largest absolute Gasteiger partial charge is 0.458 e. The Labute approximate surface area is 140 Å². The molecular formula is C18H20N4O2. The molecule has 0 spiro atoms. The van der Waals surface area contributed by atoms with Gasteiger partial charge >= 0.3 is 0 Å².